The van der Waals surface area contributed by atoms with Gasteiger partial charge in [-0.1, -0.05) is 0 Å². The molecule has 7 heteroatoms. The van der Waals surface area contributed by atoms with Gasteiger partial charge in [-0.3, -0.25) is 9.36 Å². The second kappa shape index (κ2) is 2.91. The van der Waals surface area contributed by atoms with Gasteiger partial charge in [0.25, 0.3) is 5.56 Å². The van der Waals surface area contributed by atoms with E-state index < -0.39 is 11.2 Å². The van der Waals surface area contributed by atoms with Gasteiger partial charge in [0, 0.05) is 31.2 Å². The molecule has 0 aliphatic rings. The van der Waals surface area contributed by atoms with E-state index in [4.69, 9.17) is 11.8 Å². The van der Waals surface area contributed by atoms with Crippen LogP contribution in [0.1, 0.15) is 0 Å². The van der Waals surface area contributed by atoms with E-state index in [1.54, 1.807) is 0 Å². The number of fused-ring (bicyclic) bond motifs is 1. The Bertz CT molecular complexity index is 615. The highest BCUT2D eigenvalue weighted by molar-refractivity contribution is 6.17. The minimum atomic E-state index is -0.635. The molecule has 2 aromatic heterocycles. The fraction of sp³-hybridized carbons (Fsp3) is 0.143. The molecule has 0 amide bonds. The molecular weight excluding hydrogens is 208 g/mol. The van der Waals surface area contributed by atoms with E-state index in [0.717, 1.165) is 8.65 Å². The van der Waals surface area contributed by atoms with Crippen LogP contribution in [0.15, 0.2) is 22.0 Å². The zero-order chi connectivity index (χ0) is 10.3. The van der Waals surface area contributed by atoms with Gasteiger partial charge in [-0.15, -0.1) is 0 Å². The second-order valence-electron chi connectivity index (χ2n) is 2.66. The summed E-state index contributed by atoms with van der Waals surface area (Å²) in [7, 11) is 1.33. The van der Waals surface area contributed by atoms with Gasteiger partial charge in [0.05, 0.1) is 0 Å². The molecule has 6 nitrogen and oxygen atoms in total. The zero-order valence-corrected chi connectivity index (χ0v) is 7.89. The lowest BCUT2D eigenvalue weighted by Crippen LogP contribution is -2.36. The summed E-state index contributed by atoms with van der Waals surface area (Å²) in [5.74, 6) is 0. The fourth-order valence-corrected chi connectivity index (χ4v) is 1.33. The molecule has 0 aliphatic heterocycles. The van der Waals surface area contributed by atoms with Crippen molar-refractivity contribution in [3.63, 3.8) is 0 Å². The maximum absolute atomic E-state index is 11.5. The minimum absolute atomic E-state index is 0.0715. The number of hydrogen-bond acceptors (Lipinski definition) is 4. The SMILES string of the molecule is Cn1c(=O)c2nccnc2n(Cl)c1=O. The van der Waals surface area contributed by atoms with Gasteiger partial charge in [-0.25, -0.2) is 14.8 Å². The Morgan fingerprint density at radius 1 is 1.29 bits per heavy atom. The van der Waals surface area contributed by atoms with Crippen molar-refractivity contribution < 1.29 is 0 Å². The molecule has 14 heavy (non-hydrogen) atoms. The van der Waals surface area contributed by atoms with Crippen LogP contribution >= 0.6 is 11.8 Å². The summed E-state index contributed by atoms with van der Waals surface area (Å²) in [6.45, 7) is 0. The molecule has 0 radical (unpaired) electrons. The third kappa shape index (κ3) is 1.04. The summed E-state index contributed by atoms with van der Waals surface area (Å²) in [5.41, 5.74) is -0.994. The highest BCUT2D eigenvalue weighted by Gasteiger charge is 2.10. The Morgan fingerprint density at radius 2 is 1.93 bits per heavy atom. The van der Waals surface area contributed by atoms with Gasteiger partial charge in [0.1, 0.15) is 0 Å². The standard InChI is InChI=1S/C7H5ClN4O2/c1-11-6(13)4-5(10-3-2-9-4)12(8)7(11)14/h2-3H,1H3. The van der Waals surface area contributed by atoms with Crippen molar-refractivity contribution in [2.45, 2.75) is 0 Å². The van der Waals surface area contributed by atoms with Gasteiger partial charge in [-0.2, -0.15) is 4.09 Å². The molecule has 0 atom stereocenters. The highest BCUT2D eigenvalue weighted by atomic mass is 35.5. The number of halogens is 1. The van der Waals surface area contributed by atoms with Crippen LogP contribution in [0, 0.1) is 0 Å². The van der Waals surface area contributed by atoms with Crippen LogP contribution in [0.2, 0.25) is 0 Å². The predicted octanol–water partition coefficient (Wildman–Crippen LogP) is -0.508. The predicted molar refractivity (Wildman–Crippen MR) is 50.3 cm³/mol. The van der Waals surface area contributed by atoms with Crippen LogP contribution in [-0.4, -0.2) is 18.6 Å². The fourth-order valence-electron chi connectivity index (χ4n) is 1.09. The number of rotatable bonds is 0. The van der Waals surface area contributed by atoms with E-state index in [1.165, 1.54) is 19.4 Å². The lowest BCUT2D eigenvalue weighted by atomic mass is 10.5. The first kappa shape index (κ1) is 8.89. The van der Waals surface area contributed by atoms with Crippen LogP contribution < -0.4 is 11.2 Å². The summed E-state index contributed by atoms with van der Waals surface area (Å²) in [6.07, 6.45) is 2.73. The highest BCUT2D eigenvalue weighted by Crippen LogP contribution is 2.00. The van der Waals surface area contributed by atoms with E-state index in [0.29, 0.717) is 0 Å². The molecule has 72 valence electrons. The van der Waals surface area contributed by atoms with Crippen molar-refractivity contribution in [2.24, 2.45) is 7.05 Å². The molecule has 0 unspecified atom stereocenters. The monoisotopic (exact) mass is 212 g/mol. The molecule has 2 rings (SSSR count). The van der Waals surface area contributed by atoms with Crippen molar-refractivity contribution in [2.75, 3.05) is 0 Å². The molecule has 0 aromatic carbocycles. The molecular formula is C7H5ClN4O2. The molecule has 0 saturated heterocycles. The van der Waals surface area contributed by atoms with Crippen LogP contribution in [0.3, 0.4) is 0 Å². The van der Waals surface area contributed by atoms with Gasteiger partial charge in [0.15, 0.2) is 11.2 Å². The lowest BCUT2D eigenvalue weighted by molar-refractivity contribution is 0.769. The molecule has 2 heterocycles. The summed E-state index contributed by atoms with van der Waals surface area (Å²) in [6, 6.07) is 0. The summed E-state index contributed by atoms with van der Waals surface area (Å²) in [5, 5.41) is 0. The van der Waals surface area contributed by atoms with Crippen molar-refractivity contribution in [3.05, 3.63) is 33.2 Å². The Hall–Kier alpha value is -1.69. The Balaban J connectivity index is 3.19. The molecule has 2 aromatic rings. The van der Waals surface area contributed by atoms with E-state index in [2.05, 4.69) is 9.97 Å². The molecule has 0 bridgehead atoms. The largest absolute Gasteiger partial charge is 0.347 e. The topological polar surface area (TPSA) is 69.8 Å². The molecule has 0 aliphatic carbocycles. The maximum atomic E-state index is 11.5. The Labute approximate surface area is 82.5 Å². The van der Waals surface area contributed by atoms with E-state index in [9.17, 15) is 9.59 Å². The normalized spacial score (nSPS) is 10.7. The third-order valence-electron chi connectivity index (χ3n) is 1.83. The van der Waals surface area contributed by atoms with Gasteiger partial charge >= 0.3 is 5.69 Å². The molecule has 0 N–H and O–H groups in total. The number of nitrogens with zero attached hydrogens (tertiary/aromatic N) is 4. The first-order valence-electron chi connectivity index (χ1n) is 3.72. The maximum Gasteiger partial charge on any atom is 0.347 e. The summed E-state index contributed by atoms with van der Waals surface area (Å²) in [4.78, 5) is 30.4. The molecule has 0 saturated carbocycles. The first-order chi connectivity index (χ1) is 6.63. The average molecular weight is 213 g/mol. The van der Waals surface area contributed by atoms with Gasteiger partial charge < -0.3 is 0 Å². The Kier molecular flexibility index (Phi) is 1.85. The van der Waals surface area contributed by atoms with Crippen molar-refractivity contribution in [1.29, 1.82) is 0 Å². The van der Waals surface area contributed by atoms with Crippen LogP contribution in [0.4, 0.5) is 0 Å². The van der Waals surface area contributed by atoms with Gasteiger partial charge in [0.2, 0.25) is 0 Å². The van der Waals surface area contributed by atoms with Crippen LogP contribution in [-0.2, 0) is 7.05 Å². The van der Waals surface area contributed by atoms with Crippen molar-refractivity contribution >= 4 is 22.9 Å². The second-order valence-corrected chi connectivity index (χ2v) is 2.99. The molecule has 0 fully saturated rings. The summed E-state index contributed by atoms with van der Waals surface area (Å²) >= 11 is 5.65. The van der Waals surface area contributed by atoms with E-state index in [1.807, 2.05) is 0 Å². The average Bonchev–Trinajstić information content (AvgIpc) is 2.23. The quantitative estimate of drug-likeness (QED) is 0.590. The zero-order valence-electron chi connectivity index (χ0n) is 7.14. The number of hydrogen-bond donors (Lipinski definition) is 0. The first-order valence-corrected chi connectivity index (χ1v) is 4.05. The summed E-state index contributed by atoms with van der Waals surface area (Å²) < 4.78 is 1.65. The van der Waals surface area contributed by atoms with E-state index >= 15 is 0 Å². The van der Waals surface area contributed by atoms with Crippen molar-refractivity contribution in [1.82, 2.24) is 18.6 Å². The minimum Gasteiger partial charge on any atom is -0.267 e. The smallest absolute Gasteiger partial charge is 0.267 e. The molecule has 0 spiro atoms. The number of aromatic nitrogens is 4. The van der Waals surface area contributed by atoms with Crippen molar-refractivity contribution in [3.8, 4) is 0 Å². The Morgan fingerprint density at radius 3 is 2.64 bits per heavy atom. The lowest BCUT2D eigenvalue weighted by Gasteiger charge is -2.01. The van der Waals surface area contributed by atoms with Gasteiger partial charge in [-0.05, 0) is 0 Å². The van der Waals surface area contributed by atoms with Crippen LogP contribution in [0.5, 0.6) is 0 Å². The van der Waals surface area contributed by atoms with E-state index in [-0.39, 0.29) is 11.2 Å². The third-order valence-corrected chi connectivity index (χ3v) is 2.13. The van der Waals surface area contributed by atoms with Crippen LogP contribution in [0.25, 0.3) is 11.2 Å².